The molecule has 4 nitrogen and oxygen atoms in total. The molecular weight excluding hydrogens is 232 g/mol. The Morgan fingerprint density at radius 3 is 2.78 bits per heavy atom. The predicted molar refractivity (Wildman–Crippen MR) is 67.9 cm³/mol. The highest BCUT2D eigenvalue weighted by molar-refractivity contribution is 5.77. The maximum absolute atomic E-state index is 11.6. The fourth-order valence-corrected chi connectivity index (χ4v) is 2.29. The van der Waals surface area contributed by atoms with Gasteiger partial charge in [-0.05, 0) is 12.8 Å². The molecule has 0 radical (unpaired) electrons. The van der Waals surface area contributed by atoms with Crippen LogP contribution in [0.2, 0.25) is 0 Å². The van der Waals surface area contributed by atoms with E-state index in [0.717, 1.165) is 19.3 Å². The number of cyclic esters (lactones) is 1. The largest absolute Gasteiger partial charge is 0.466 e. The molecule has 1 saturated heterocycles. The van der Waals surface area contributed by atoms with E-state index in [4.69, 9.17) is 9.47 Å². The van der Waals surface area contributed by atoms with Gasteiger partial charge < -0.3 is 9.47 Å². The SMILES string of the molecule is CCCCCCOC(=O)C[C@@H]1COC(=O)[C@@H]1CC. The third kappa shape index (κ3) is 4.67. The Kier molecular flexibility index (Phi) is 6.76. The monoisotopic (exact) mass is 256 g/mol. The van der Waals surface area contributed by atoms with Crippen molar-refractivity contribution in [3.8, 4) is 0 Å². The van der Waals surface area contributed by atoms with E-state index >= 15 is 0 Å². The smallest absolute Gasteiger partial charge is 0.309 e. The molecule has 0 N–H and O–H groups in total. The molecule has 0 amide bonds. The minimum Gasteiger partial charge on any atom is -0.466 e. The summed E-state index contributed by atoms with van der Waals surface area (Å²) in [6.45, 7) is 4.95. The first kappa shape index (κ1) is 15.0. The standard InChI is InChI=1S/C14H24O4/c1-3-5-6-7-8-17-13(15)9-11-10-18-14(16)12(11)4-2/h11-12H,3-10H2,1-2H3/t11-,12-/m1/s1. The molecule has 1 rings (SSSR count). The quantitative estimate of drug-likeness (QED) is 0.495. The van der Waals surface area contributed by atoms with Crippen molar-refractivity contribution in [2.75, 3.05) is 13.2 Å². The third-order valence-corrected chi connectivity index (χ3v) is 3.44. The molecule has 0 aromatic heterocycles. The molecule has 104 valence electrons. The molecule has 4 heteroatoms. The second kappa shape index (κ2) is 8.11. The fourth-order valence-electron chi connectivity index (χ4n) is 2.29. The van der Waals surface area contributed by atoms with Crippen LogP contribution < -0.4 is 0 Å². The van der Waals surface area contributed by atoms with Gasteiger partial charge in [-0.15, -0.1) is 0 Å². The van der Waals surface area contributed by atoms with Crippen LogP contribution in [0.5, 0.6) is 0 Å². The van der Waals surface area contributed by atoms with Crippen molar-refractivity contribution < 1.29 is 19.1 Å². The Morgan fingerprint density at radius 1 is 1.33 bits per heavy atom. The highest BCUT2D eigenvalue weighted by atomic mass is 16.5. The van der Waals surface area contributed by atoms with Gasteiger partial charge in [-0.3, -0.25) is 9.59 Å². The topological polar surface area (TPSA) is 52.6 Å². The van der Waals surface area contributed by atoms with Gasteiger partial charge >= 0.3 is 11.9 Å². The first-order chi connectivity index (χ1) is 8.69. The summed E-state index contributed by atoms with van der Waals surface area (Å²) in [7, 11) is 0. The third-order valence-electron chi connectivity index (χ3n) is 3.44. The van der Waals surface area contributed by atoms with Crippen LogP contribution >= 0.6 is 0 Å². The number of unbranched alkanes of at least 4 members (excludes halogenated alkanes) is 3. The number of carbonyl (C=O) groups is 2. The van der Waals surface area contributed by atoms with Crippen LogP contribution in [0.4, 0.5) is 0 Å². The van der Waals surface area contributed by atoms with Gasteiger partial charge in [0.25, 0.3) is 0 Å². The van der Waals surface area contributed by atoms with Gasteiger partial charge in [-0.1, -0.05) is 33.1 Å². The summed E-state index contributed by atoms with van der Waals surface area (Å²) in [6, 6.07) is 0. The Bertz CT molecular complexity index is 275. The Morgan fingerprint density at radius 2 is 2.11 bits per heavy atom. The summed E-state index contributed by atoms with van der Waals surface area (Å²) in [4.78, 5) is 23.0. The molecule has 1 aliphatic heterocycles. The summed E-state index contributed by atoms with van der Waals surface area (Å²) in [5, 5.41) is 0. The van der Waals surface area contributed by atoms with E-state index < -0.39 is 0 Å². The Hall–Kier alpha value is -1.06. The number of ether oxygens (including phenoxy) is 2. The zero-order valence-corrected chi connectivity index (χ0v) is 11.4. The molecule has 0 saturated carbocycles. The van der Waals surface area contributed by atoms with E-state index in [1.165, 1.54) is 12.8 Å². The minimum atomic E-state index is -0.201. The molecule has 0 aromatic rings. The number of hydrogen-bond acceptors (Lipinski definition) is 4. The first-order valence-corrected chi connectivity index (χ1v) is 7.01. The number of rotatable bonds is 8. The maximum Gasteiger partial charge on any atom is 0.309 e. The zero-order valence-electron chi connectivity index (χ0n) is 11.4. The molecule has 1 aliphatic rings. The molecule has 0 bridgehead atoms. The first-order valence-electron chi connectivity index (χ1n) is 7.01. The average Bonchev–Trinajstić information content (AvgIpc) is 2.69. The van der Waals surface area contributed by atoms with Crippen molar-refractivity contribution in [2.24, 2.45) is 11.8 Å². The van der Waals surface area contributed by atoms with E-state index in [-0.39, 0.29) is 23.8 Å². The van der Waals surface area contributed by atoms with Crippen molar-refractivity contribution in [3.05, 3.63) is 0 Å². The van der Waals surface area contributed by atoms with Crippen molar-refractivity contribution in [2.45, 2.75) is 52.4 Å². The van der Waals surface area contributed by atoms with Crippen LogP contribution in [0, 0.1) is 11.8 Å². The maximum atomic E-state index is 11.6. The molecule has 0 aromatic carbocycles. The molecular formula is C14H24O4. The van der Waals surface area contributed by atoms with E-state index in [0.29, 0.717) is 19.6 Å². The van der Waals surface area contributed by atoms with Crippen LogP contribution in [-0.2, 0) is 19.1 Å². The Labute approximate surface area is 109 Å². The van der Waals surface area contributed by atoms with Crippen molar-refractivity contribution in [1.82, 2.24) is 0 Å². The summed E-state index contributed by atoms with van der Waals surface area (Å²) in [5.41, 5.74) is 0. The van der Waals surface area contributed by atoms with Gasteiger partial charge in [0.1, 0.15) is 0 Å². The number of esters is 2. The zero-order chi connectivity index (χ0) is 13.4. The Balaban J connectivity index is 2.17. The minimum absolute atomic E-state index is 0.00522. The van der Waals surface area contributed by atoms with E-state index in [2.05, 4.69) is 6.92 Å². The lowest BCUT2D eigenvalue weighted by molar-refractivity contribution is -0.145. The lowest BCUT2D eigenvalue weighted by Gasteiger charge is -2.12. The van der Waals surface area contributed by atoms with Crippen molar-refractivity contribution in [1.29, 1.82) is 0 Å². The normalized spacial score (nSPS) is 22.9. The van der Waals surface area contributed by atoms with E-state index in [1.807, 2.05) is 6.92 Å². The highest BCUT2D eigenvalue weighted by Gasteiger charge is 2.36. The molecule has 18 heavy (non-hydrogen) atoms. The number of hydrogen-bond donors (Lipinski definition) is 0. The van der Waals surface area contributed by atoms with Gasteiger partial charge in [0.15, 0.2) is 0 Å². The van der Waals surface area contributed by atoms with Crippen LogP contribution in [0.15, 0.2) is 0 Å². The predicted octanol–water partition coefficient (Wildman–Crippen LogP) is 2.70. The van der Waals surface area contributed by atoms with Crippen LogP contribution in [0.1, 0.15) is 52.4 Å². The second-order valence-corrected chi connectivity index (χ2v) is 4.89. The molecule has 0 unspecified atom stereocenters. The molecule has 0 spiro atoms. The summed E-state index contributed by atoms with van der Waals surface area (Å²) in [5.74, 6) is -0.491. The summed E-state index contributed by atoms with van der Waals surface area (Å²) < 4.78 is 10.2. The second-order valence-electron chi connectivity index (χ2n) is 4.89. The van der Waals surface area contributed by atoms with Gasteiger partial charge in [-0.2, -0.15) is 0 Å². The van der Waals surface area contributed by atoms with Crippen molar-refractivity contribution in [3.63, 3.8) is 0 Å². The van der Waals surface area contributed by atoms with Crippen molar-refractivity contribution >= 4 is 11.9 Å². The van der Waals surface area contributed by atoms with Crippen LogP contribution in [0.3, 0.4) is 0 Å². The highest BCUT2D eigenvalue weighted by Crippen LogP contribution is 2.28. The van der Waals surface area contributed by atoms with Gasteiger partial charge in [0.2, 0.25) is 0 Å². The summed E-state index contributed by atoms with van der Waals surface area (Å²) in [6.07, 6.45) is 5.42. The molecule has 1 heterocycles. The van der Waals surface area contributed by atoms with Crippen LogP contribution in [0.25, 0.3) is 0 Å². The summed E-state index contributed by atoms with van der Waals surface area (Å²) >= 11 is 0. The van der Waals surface area contributed by atoms with Gasteiger partial charge in [-0.25, -0.2) is 0 Å². The lowest BCUT2D eigenvalue weighted by Crippen LogP contribution is -2.20. The molecule has 0 aliphatic carbocycles. The fraction of sp³-hybridized carbons (Fsp3) is 0.857. The number of carbonyl (C=O) groups excluding carboxylic acids is 2. The van der Waals surface area contributed by atoms with Gasteiger partial charge in [0.05, 0.1) is 25.6 Å². The van der Waals surface area contributed by atoms with E-state index in [1.54, 1.807) is 0 Å². The molecule has 2 atom stereocenters. The van der Waals surface area contributed by atoms with Crippen LogP contribution in [-0.4, -0.2) is 25.2 Å². The van der Waals surface area contributed by atoms with E-state index in [9.17, 15) is 9.59 Å². The lowest BCUT2D eigenvalue weighted by atomic mass is 9.90. The average molecular weight is 256 g/mol. The van der Waals surface area contributed by atoms with Gasteiger partial charge in [0, 0.05) is 5.92 Å². The molecule has 1 fully saturated rings.